The molecule has 0 heterocycles. The Balaban J connectivity index is 1.36. The number of carboxylic acids is 1. The third-order valence-corrected chi connectivity index (χ3v) is 6.76. The first-order chi connectivity index (χ1) is 16.9. The van der Waals surface area contributed by atoms with Crippen LogP contribution < -0.4 is 10.6 Å². The fourth-order valence-corrected chi connectivity index (χ4v) is 4.81. The molecule has 0 saturated heterocycles. The van der Waals surface area contributed by atoms with Gasteiger partial charge >= 0.3 is 12.1 Å². The molecular weight excluding hydrogens is 512 g/mol. The van der Waals surface area contributed by atoms with E-state index in [1.165, 1.54) is 6.07 Å². The second kappa shape index (κ2) is 10.7. The zero-order valence-corrected chi connectivity index (χ0v) is 20.7. The number of ether oxygens (including phenoxy) is 1. The molecule has 180 valence electrons. The number of carbonyl (C=O) groups is 3. The van der Waals surface area contributed by atoms with Gasteiger partial charge in [0.1, 0.15) is 6.61 Å². The lowest BCUT2D eigenvalue weighted by atomic mass is 9.98. The lowest BCUT2D eigenvalue weighted by Crippen LogP contribution is -2.38. The van der Waals surface area contributed by atoms with Gasteiger partial charge in [0, 0.05) is 22.9 Å². The van der Waals surface area contributed by atoms with Crippen LogP contribution in [0.25, 0.3) is 11.1 Å². The summed E-state index contributed by atoms with van der Waals surface area (Å²) in [6.07, 6.45) is -0.126. The van der Waals surface area contributed by atoms with Crippen LogP contribution in [0, 0.1) is 0 Å². The normalized spacial score (nSPS) is 12.9. The number of para-hydroxylation sites is 1. The summed E-state index contributed by atoms with van der Waals surface area (Å²) in [5.41, 5.74) is 4.69. The van der Waals surface area contributed by atoms with E-state index in [9.17, 15) is 19.5 Å². The number of halogens is 1. The number of rotatable bonds is 8. The number of nitrogens with one attached hydrogen (secondary N) is 2. The molecule has 0 bridgehead atoms. The zero-order valence-electron chi connectivity index (χ0n) is 19.1. The predicted octanol–water partition coefficient (Wildman–Crippen LogP) is 5.79. The number of carbonyl (C=O) groups excluding carboxylic acids is 2. The maximum absolute atomic E-state index is 12.6. The van der Waals surface area contributed by atoms with Crippen molar-refractivity contribution < 1.29 is 24.2 Å². The van der Waals surface area contributed by atoms with Crippen molar-refractivity contribution in [3.8, 4) is 11.1 Å². The van der Waals surface area contributed by atoms with Crippen LogP contribution in [0.15, 0.2) is 71.2 Å². The van der Waals surface area contributed by atoms with Crippen molar-refractivity contribution in [3.63, 3.8) is 0 Å². The van der Waals surface area contributed by atoms with Crippen molar-refractivity contribution in [1.29, 1.82) is 0 Å². The Labute approximate surface area is 211 Å². The molecule has 0 saturated carbocycles. The Morgan fingerprint density at radius 2 is 1.60 bits per heavy atom. The summed E-state index contributed by atoms with van der Waals surface area (Å²) in [6.45, 7) is 2.03. The molecule has 0 fully saturated rings. The van der Waals surface area contributed by atoms with Crippen LogP contribution in [0.3, 0.4) is 0 Å². The summed E-state index contributed by atoms with van der Waals surface area (Å²) >= 11 is 3.28. The average Bonchev–Trinajstić information content (AvgIpc) is 3.17. The van der Waals surface area contributed by atoms with Gasteiger partial charge in [-0.1, -0.05) is 61.5 Å². The molecule has 2 amide bonds. The Bertz CT molecular complexity index is 1230. The van der Waals surface area contributed by atoms with Crippen LogP contribution in [0.5, 0.6) is 0 Å². The van der Waals surface area contributed by atoms with Crippen molar-refractivity contribution in [2.75, 3.05) is 11.9 Å². The standard InChI is InChI=1S/C27H25BrN2O5/c1-2-16(14-24(31)30-25-21(26(32)33)12-7-13-23(25)28)29-27(34)35-15-22-19-10-5-3-8-17(19)18-9-4-6-11-20(18)22/h3-13,16,22H,2,14-15H2,1H3,(H,29,34)(H,30,31)(H,32,33)/t16-/m1/s1. The largest absolute Gasteiger partial charge is 0.478 e. The molecule has 1 aliphatic carbocycles. The van der Waals surface area contributed by atoms with Gasteiger partial charge in [-0.05, 0) is 56.7 Å². The van der Waals surface area contributed by atoms with Gasteiger partial charge in [0.15, 0.2) is 0 Å². The lowest BCUT2D eigenvalue weighted by molar-refractivity contribution is -0.116. The lowest BCUT2D eigenvalue weighted by Gasteiger charge is -2.19. The number of fused-ring (bicyclic) bond motifs is 3. The molecule has 1 atom stereocenters. The highest BCUT2D eigenvalue weighted by Gasteiger charge is 2.29. The zero-order chi connectivity index (χ0) is 24.9. The highest BCUT2D eigenvalue weighted by Crippen LogP contribution is 2.44. The number of anilines is 1. The maximum Gasteiger partial charge on any atom is 0.407 e. The van der Waals surface area contributed by atoms with Gasteiger partial charge in [0.2, 0.25) is 5.91 Å². The number of carboxylic acid groups (broad SMARTS) is 1. The van der Waals surface area contributed by atoms with E-state index >= 15 is 0 Å². The number of amides is 2. The molecule has 7 nitrogen and oxygen atoms in total. The number of hydrogen-bond acceptors (Lipinski definition) is 4. The Morgan fingerprint density at radius 1 is 0.971 bits per heavy atom. The number of alkyl carbamates (subject to hydrolysis) is 1. The molecule has 3 N–H and O–H groups in total. The van der Waals surface area contributed by atoms with Gasteiger partial charge in [-0.25, -0.2) is 9.59 Å². The molecule has 8 heteroatoms. The fraction of sp³-hybridized carbons (Fsp3) is 0.222. The smallest absolute Gasteiger partial charge is 0.407 e. The molecule has 1 aliphatic rings. The summed E-state index contributed by atoms with van der Waals surface area (Å²) < 4.78 is 6.04. The van der Waals surface area contributed by atoms with Crippen molar-refractivity contribution in [2.45, 2.75) is 31.7 Å². The predicted molar refractivity (Wildman–Crippen MR) is 137 cm³/mol. The highest BCUT2D eigenvalue weighted by molar-refractivity contribution is 9.10. The summed E-state index contributed by atoms with van der Waals surface area (Å²) in [5, 5.41) is 14.8. The quantitative estimate of drug-likeness (QED) is 0.337. The van der Waals surface area contributed by atoms with Gasteiger partial charge in [-0.2, -0.15) is 0 Å². The van der Waals surface area contributed by atoms with Crippen LogP contribution in [0.4, 0.5) is 10.5 Å². The van der Waals surface area contributed by atoms with Gasteiger partial charge in [-0.15, -0.1) is 0 Å². The number of hydrogen-bond donors (Lipinski definition) is 3. The summed E-state index contributed by atoms with van der Waals surface area (Å²) in [5.74, 6) is -1.61. The van der Waals surface area contributed by atoms with Gasteiger partial charge in [-0.3, -0.25) is 4.79 Å². The van der Waals surface area contributed by atoms with Crippen LogP contribution in [-0.4, -0.2) is 35.7 Å². The molecular formula is C27H25BrN2O5. The minimum absolute atomic E-state index is 0.0229. The fourth-order valence-electron chi connectivity index (χ4n) is 4.35. The molecule has 3 aromatic rings. The second-order valence-corrected chi connectivity index (χ2v) is 9.15. The van der Waals surface area contributed by atoms with E-state index in [1.54, 1.807) is 12.1 Å². The Morgan fingerprint density at radius 3 is 2.20 bits per heavy atom. The minimum atomic E-state index is -1.15. The van der Waals surface area contributed by atoms with E-state index in [2.05, 4.69) is 38.7 Å². The summed E-state index contributed by atoms with van der Waals surface area (Å²) in [4.78, 5) is 36.7. The van der Waals surface area contributed by atoms with E-state index in [1.807, 2.05) is 43.3 Å². The minimum Gasteiger partial charge on any atom is -0.478 e. The van der Waals surface area contributed by atoms with Crippen LogP contribution in [0.2, 0.25) is 0 Å². The van der Waals surface area contributed by atoms with E-state index in [0.717, 1.165) is 22.3 Å². The Hall–Kier alpha value is -3.65. The van der Waals surface area contributed by atoms with Crippen LogP contribution in [0.1, 0.15) is 47.2 Å². The SMILES string of the molecule is CC[C@H](CC(=O)Nc1c(Br)cccc1C(=O)O)NC(=O)OCC1c2ccccc2-c2ccccc21. The second-order valence-electron chi connectivity index (χ2n) is 8.29. The van der Waals surface area contributed by atoms with E-state index in [0.29, 0.717) is 10.9 Å². The van der Waals surface area contributed by atoms with Gasteiger partial charge < -0.3 is 20.5 Å². The molecule has 4 rings (SSSR count). The first-order valence-corrected chi connectivity index (χ1v) is 12.1. The number of benzene rings is 3. The van der Waals surface area contributed by atoms with E-state index in [-0.39, 0.29) is 30.2 Å². The van der Waals surface area contributed by atoms with Gasteiger partial charge in [0.05, 0.1) is 11.3 Å². The first-order valence-electron chi connectivity index (χ1n) is 11.3. The first kappa shape index (κ1) is 24.5. The molecule has 35 heavy (non-hydrogen) atoms. The third-order valence-electron chi connectivity index (χ3n) is 6.10. The summed E-state index contributed by atoms with van der Waals surface area (Å²) in [6, 6.07) is 20.4. The maximum atomic E-state index is 12.6. The van der Waals surface area contributed by atoms with Crippen molar-refractivity contribution in [1.82, 2.24) is 5.32 Å². The van der Waals surface area contributed by atoms with E-state index in [4.69, 9.17) is 4.74 Å². The highest BCUT2D eigenvalue weighted by atomic mass is 79.9. The van der Waals surface area contributed by atoms with Gasteiger partial charge in [0.25, 0.3) is 0 Å². The number of aromatic carboxylic acids is 1. The Kier molecular flexibility index (Phi) is 7.51. The van der Waals surface area contributed by atoms with Crippen LogP contribution >= 0.6 is 15.9 Å². The molecule has 0 aromatic heterocycles. The average molecular weight is 537 g/mol. The third kappa shape index (κ3) is 5.38. The molecule has 0 unspecified atom stereocenters. The molecule has 0 radical (unpaired) electrons. The van der Waals surface area contributed by atoms with Crippen molar-refractivity contribution in [3.05, 3.63) is 87.9 Å². The molecule has 0 spiro atoms. The molecule has 0 aliphatic heterocycles. The van der Waals surface area contributed by atoms with Crippen LogP contribution in [-0.2, 0) is 9.53 Å². The summed E-state index contributed by atoms with van der Waals surface area (Å²) in [7, 11) is 0. The van der Waals surface area contributed by atoms with Crippen molar-refractivity contribution in [2.24, 2.45) is 0 Å². The van der Waals surface area contributed by atoms with E-state index < -0.39 is 24.0 Å². The monoisotopic (exact) mass is 536 g/mol. The van der Waals surface area contributed by atoms with Crippen molar-refractivity contribution >= 4 is 39.6 Å². The topological polar surface area (TPSA) is 105 Å². The molecule has 3 aromatic carbocycles.